The molecule has 1 heterocycles. The van der Waals surface area contributed by atoms with Crippen molar-refractivity contribution in [3.8, 4) is 0 Å². The highest BCUT2D eigenvalue weighted by Gasteiger charge is 2.11. The molecule has 3 N–H and O–H groups in total. The summed E-state index contributed by atoms with van der Waals surface area (Å²) >= 11 is 0. The summed E-state index contributed by atoms with van der Waals surface area (Å²) in [6.45, 7) is 4.46. The minimum absolute atomic E-state index is 0.0286. The molecule has 0 aliphatic heterocycles. The molecule has 0 unspecified atom stereocenters. The number of aromatic nitrogens is 3. The van der Waals surface area contributed by atoms with Gasteiger partial charge in [0.15, 0.2) is 0 Å². The lowest BCUT2D eigenvalue weighted by Crippen LogP contribution is -2.26. The zero-order chi connectivity index (χ0) is 17.0. The molecule has 0 aliphatic rings. The molecule has 0 spiro atoms. The summed E-state index contributed by atoms with van der Waals surface area (Å²) in [5.74, 6) is 0.506. The molecule has 0 saturated heterocycles. The molecule has 1 aromatic carbocycles. The lowest BCUT2D eigenvalue weighted by atomic mass is 10.2. The van der Waals surface area contributed by atoms with Crippen LogP contribution in [0.4, 0.5) is 0 Å². The number of nitrogens with one attached hydrogen (secondary N) is 1. The number of carbonyl (C=O) groups is 1. The standard InChI is InChI=1S/C14H19N5O3S/c1-10(2)19-9-17-18-13(19)7-8-16-14(20)11-3-5-12(6-4-11)23(15,21)22/h3-6,9-10H,7-8H2,1-2H3,(H,16,20)(H2,15,21,22). The first kappa shape index (κ1) is 17.1. The van der Waals surface area contributed by atoms with E-state index in [9.17, 15) is 13.2 Å². The molecule has 0 fully saturated rings. The first-order valence-corrected chi connectivity index (χ1v) is 8.63. The van der Waals surface area contributed by atoms with Gasteiger partial charge in [-0.2, -0.15) is 0 Å². The average Bonchev–Trinajstić information content (AvgIpc) is 2.95. The number of sulfonamides is 1. The molecule has 0 atom stereocenters. The summed E-state index contributed by atoms with van der Waals surface area (Å²) in [6.07, 6.45) is 2.22. The summed E-state index contributed by atoms with van der Waals surface area (Å²) < 4.78 is 24.3. The number of rotatable bonds is 6. The van der Waals surface area contributed by atoms with Gasteiger partial charge in [0.1, 0.15) is 12.2 Å². The van der Waals surface area contributed by atoms with Crippen LogP contribution in [-0.4, -0.2) is 35.6 Å². The summed E-state index contributed by atoms with van der Waals surface area (Å²) in [4.78, 5) is 12.0. The molecular weight excluding hydrogens is 318 g/mol. The van der Waals surface area contributed by atoms with Gasteiger partial charge < -0.3 is 9.88 Å². The molecule has 23 heavy (non-hydrogen) atoms. The van der Waals surface area contributed by atoms with Crippen molar-refractivity contribution in [3.05, 3.63) is 42.0 Å². The van der Waals surface area contributed by atoms with Crippen LogP contribution in [0.1, 0.15) is 36.1 Å². The van der Waals surface area contributed by atoms with Crippen molar-refractivity contribution in [2.45, 2.75) is 31.2 Å². The topological polar surface area (TPSA) is 120 Å². The Bertz CT molecular complexity index is 781. The van der Waals surface area contributed by atoms with E-state index in [2.05, 4.69) is 15.5 Å². The van der Waals surface area contributed by atoms with E-state index in [0.717, 1.165) is 5.82 Å². The Morgan fingerprint density at radius 2 is 1.96 bits per heavy atom. The Hall–Kier alpha value is -2.26. The zero-order valence-corrected chi connectivity index (χ0v) is 13.7. The summed E-state index contributed by atoms with van der Waals surface area (Å²) in [5, 5.41) is 15.7. The minimum atomic E-state index is -3.75. The summed E-state index contributed by atoms with van der Waals surface area (Å²) in [5.41, 5.74) is 0.364. The maximum atomic E-state index is 12.0. The molecule has 1 amide bonds. The fourth-order valence-corrected chi connectivity index (χ4v) is 2.58. The van der Waals surface area contributed by atoms with Gasteiger partial charge in [0.2, 0.25) is 10.0 Å². The third kappa shape index (κ3) is 4.36. The van der Waals surface area contributed by atoms with E-state index in [1.165, 1.54) is 24.3 Å². The smallest absolute Gasteiger partial charge is 0.251 e. The lowest BCUT2D eigenvalue weighted by Gasteiger charge is -2.10. The van der Waals surface area contributed by atoms with Gasteiger partial charge >= 0.3 is 0 Å². The number of nitrogens with two attached hydrogens (primary N) is 1. The number of carbonyl (C=O) groups excluding carboxylic acids is 1. The van der Waals surface area contributed by atoms with E-state index < -0.39 is 10.0 Å². The molecule has 0 saturated carbocycles. The first-order valence-electron chi connectivity index (χ1n) is 7.08. The van der Waals surface area contributed by atoms with Crippen molar-refractivity contribution in [3.63, 3.8) is 0 Å². The molecular formula is C14H19N5O3S. The number of hydrogen-bond donors (Lipinski definition) is 2. The molecule has 8 nitrogen and oxygen atoms in total. The van der Waals surface area contributed by atoms with E-state index in [4.69, 9.17) is 5.14 Å². The van der Waals surface area contributed by atoms with Gasteiger partial charge in [-0.15, -0.1) is 10.2 Å². The van der Waals surface area contributed by atoms with Crippen molar-refractivity contribution in [1.82, 2.24) is 20.1 Å². The Labute approximate surface area is 134 Å². The maximum absolute atomic E-state index is 12.0. The maximum Gasteiger partial charge on any atom is 0.251 e. The van der Waals surface area contributed by atoms with Crippen LogP contribution in [0.25, 0.3) is 0 Å². The van der Waals surface area contributed by atoms with Gasteiger partial charge in [0.25, 0.3) is 5.91 Å². The van der Waals surface area contributed by atoms with E-state index in [1.54, 1.807) is 6.33 Å². The second kappa shape index (κ2) is 6.88. The van der Waals surface area contributed by atoms with Crippen molar-refractivity contribution in [2.24, 2.45) is 5.14 Å². The fourth-order valence-electron chi connectivity index (χ4n) is 2.06. The molecule has 9 heteroatoms. The van der Waals surface area contributed by atoms with Crippen molar-refractivity contribution in [2.75, 3.05) is 6.54 Å². The highest BCUT2D eigenvalue weighted by atomic mass is 32.2. The van der Waals surface area contributed by atoms with Crippen molar-refractivity contribution >= 4 is 15.9 Å². The van der Waals surface area contributed by atoms with Crippen LogP contribution in [0.5, 0.6) is 0 Å². The predicted molar refractivity (Wildman–Crippen MR) is 84.3 cm³/mol. The zero-order valence-electron chi connectivity index (χ0n) is 12.9. The molecule has 0 radical (unpaired) electrons. The van der Waals surface area contributed by atoms with Gasteiger partial charge in [-0.05, 0) is 38.1 Å². The number of amides is 1. The molecule has 124 valence electrons. The Morgan fingerprint density at radius 3 is 2.52 bits per heavy atom. The lowest BCUT2D eigenvalue weighted by molar-refractivity contribution is 0.0954. The Kier molecular flexibility index (Phi) is 5.12. The van der Waals surface area contributed by atoms with E-state index >= 15 is 0 Å². The number of nitrogens with zero attached hydrogens (tertiary/aromatic N) is 3. The number of benzene rings is 1. The fraction of sp³-hybridized carbons (Fsp3) is 0.357. The largest absolute Gasteiger partial charge is 0.352 e. The second-order valence-corrected chi connectivity index (χ2v) is 6.88. The highest BCUT2D eigenvalue weighted by Crippen LogP contribution is 2.09. The number of hydrogen-bond acceptors (Lipinski definition) is 5. The van der Waals surface area contributed by atoms with Gasteiger partial charge in [-0.3, -0.25) is 4.79 Å². The van der Waals surface area contributed by atoms with E-state index in [0.29, 0.717) is 18.5 Å². The third-order valence-corrected chi connectivity index (χ3v) is 4.21. The van der Waals surface area contributed by atoms with Crippen LogP contribution in [-0.2, 0) is 16.4 Å². The summed E-state index contributed by atoms with van der Waals surface area (Å²) in [7, 11) is -3.75. The van der Waals surface area contributed by atoms with Crippen LogP contribution in [0, 0.1) is 0 Å². The van der Waals surface area contributed by atoms with E-state index in [1.807, 2.05) is 18.4 Å². The summed E-state index contributed by atoms with van der Waals surface area (Å²) in [6, 6.07) is 5.71. The number of primary sulfonamides is 1. The molecule has 1 aromatic heterocycles. The van der Waals surface area contributed by atoms with Crippen LogP contribution in [0.3, 0.4) is 0 Å². The second-order valence-electron chi connectivity index (χ2n) is 5.32. The van der Waals surface area contributed by atoms with Crippen molar-refractivity contribution in [1.29, 1.82) is 0 Å². The molecule has 2 aromatic rings. The SMILES string of the molecule is CC(C)n1cnnc1CCNC(=O)c1ccc(S(N)(=O)=O)cc1. The van der Waals surface area contributed by atoms with Crippen LogP contribution < -0.4 is 10.5 Å². The van der Waals surface area contributed by atoms with Crippen LogP contribution >= 0.6 is 0 Å². The quantitative estimate of drug-likeness (QED) is 0.794. The van der Waals surface area contributed by atoms with Gasteiger partial charge in [0, 0.05) is 24.6 Å². The average molecular weight is 337 g/mol. The minimum Gasteiger partial charge on any atom is -0.352 e. The first-order chi connectivity index (χ1) is 10.8. The Balaban J connectivity index is 1.93. The normalized spacial score (nSPS) is 11.7. The van der Waals surface area contributed by atoms with Crippen molar-refractivity contribution < 1.29 is 13.2 Å². The third-order valence-electron chi connectivity index (χ3n) is 3.28. The van der Waals surface area contributed by atoms with E-state index in [-0.39, 0.29) is 16.8 Å². The highest BCUT2D eigenvalue weighted by molar-refractivity contribution is 7.89. The van der Waals surface area contributed by atoms with Gasteiger partial charge in [0.05, 0.1) is 4.90 Å². The molecule has 0 aliphatic carbocycles. The Morgan fingerprint density at radius 1 is 1.30 bits per heavy atom. The molecule has 2 rings (SSSR count). The van der Waals surface area contributed by atoms with Crippen LogP contribution in [0.2, 0.25) is 0 Å². The molecule has 0 bridgehead atoms. The van der Waals surface area contributed by atoms with Gasteiger partial charge in [-0.25, -0.2) is 13.6 Å². The van der Waals surface area contributed by atoms with Gasteiger partial charge in [-0.1, -0.05) is 0 Å². The van der Waals surface area contributed by atoms with Crippen LogP contribution in [0.15, 0.2) is 35.5 Å². The monoisotopic (exact) mass is 337 g/mol. The predicted octanol–water partition coefficient (Wildman–Crippen LogP) is 0.479.